The van der Waals surface area contributed by atoms with Gasteiger partial charge in [0.1, 0.15) is 5.82 Å². The molecule has 180 valence electrons. The zero-order valence-electron chi connectivity index (χ0n) is 19.3. The first kappa shape index (κ1) is 24.1. The second kappa shape index (κ2) is 10.5. The molecule has 3 aromatic rings. The smallest absolute Gasteiger partial charge is 0.306 e. The minimum atomic E-state index is -0.988. The minimum Gasteiger partial charge on any atom is -0.453 e. The van der Waals surface area contributed by atoms with Crippen molar-refractivity contribution in [3.8, 4) is 0 Å². The summed E-state index contributed by atoms with van der Waals surface area (Å²) in [5.41, 5.74) is 1.80. The Morgan fingerprint density at radius 2 is 1.60 bits per heavy atom. The van der Waals surface area contributed by atoms with Crippen molar-refractivity contribution in [2.45, 2.75) is 32.3 Å². The molecule has 0 fully saturated rings. The number of nitrogens with one attached hydrogen (secondary N) is 1. The quantitative estimate of drug-likeness (QED) is 0.376. The second-order valence-electron chi connectivity index (χ2n) is 8.37. The highest BCUT2D eigenvalue weighted by atomic mass is 19.1. The summed E-state index contributed by atoms with van der Waals surface area (Å²) in [5.74, 6) is -2.13. The molecule has 0 radical (unpaired) electrons. The van der Waals surface area contributed by atoms with Crippen LogP contribution in [0.2, 0.25) is 0 Å². The number of rotatable bonds is 9. The molecule has 1 aliphatic rings. The molecule has 3 amide bonds. The molecular formula is C27H25FN2O5. The van der Waals surface area contributed by atoms with Gasteiger partial charge in [-0.25, -0.2) is 4.39 Å². The molecule has 4 rings (SSSR count). The number of carbonyl (C=O) groups is 4. The molecule has 0 spiro atoms. The molecule has 1 atom stereocenters. The van der Waals surface area contributed by atoms with Crippen molar-refractivity contribution in [2.24, 2.45) is 0 Å². The third-order valence-corrected chi connectivity index (χ3v) is 5.92. The number of nitrogens with zero attached hydrogens (tertiary/aromatic N) is 1. The van der Waals surface area contributed by atoms with Crippen LogP contribution in [0.5, 0.6) is 0 Å². The van der Waals surface area contributed by atoms with E-state index in [1.807, 2.05) is 12.1 Å². The molecule has 0 saturated heterocycles. The van der Waals surface area contributed by atoms with Gasteiger partial charge in [0, 0.05) is 36.0 Å². The van der Waals surface area contributed by atoms with Crippen LogP contribution in [0, 0.1) is 5.82 Å². The molecule has 1 aliphatic heterocycles. The first-order valence-electron chi connectivity index (χ1n) is 11.4. The lowest BCUT2D eigenvalue weighted by molar-refractivity contribution is -0.154. The Balaban J connectivity index is 1.24. The number of hydrogen-bond acceptors (Lipinski definition) is 5. The summed E-state index contributed by atoms with van der Waals surface area (Å²) < 4.78 is 18.1. The van der Waals surface area contributed by atoms with Crippen molar-refractivity contribution in [3.63, 3.8) is 0 Å². The summed E-state index contributed by atoms with van der Waals surface area (Å²) in [4.78, 5) is 51.3. The zero-order chi connectivity index (χ0) is 24.9. The first-order valence-corrected chi connectivity index (χ1v) is 11.4. The van der Waals surface area contributed by atoms with Crippen LogP contribution in [0.1, 0.15) is 46.0 Å². The second-order valence-corrected chi connectivity index (χ2v) is 8.37. The fourth-order valence-electron chi connectivity index (χ4n) is 4.10. The normalized spacial score (nSPS) is 13.6. The van der Waals surface area contributed by atoms with E-state index in [-0.39, 0.29) is 37.0 Å². The van der Waals surface area contributed by atoms with Crippen LogP contribution in [0.25, 0.3) is 10.8 Å². The summed E-state index contributed by atoms with van der Waals surface area (Å²) in [5, 5.41) is 4.16. The number of halogens is 1. The van der Waals surface area contributed by atoms with Gasteiger partial charge in [0.2, 0.25) is 0 Å². The number of esters is 1. The van der Waals surface area contributed by atoms with Gasteiger partial charge in [-0.3, -0.25) is 24.1 Å². The topological polar surface area (TPSA) is 92.8 Å². The molecule has 0 bridgehead atoms. The van der Waals surface area contributed by atoms with E-state index in [4.69, 9.17) is 4.74 Å². The highest BCUT2D eigenvalue weighted by Crippen LogP contribution is 2.30. The number of imide groups is 1. The molecule has 1 N–H and O–H groups in total. The maximum absolute atomic E-state index is 12.9. The maximum Gasteiger partial charge on any atom is 0.306 e. The zero-order valence-corrected chi connectivity index (χ0v) is 19.3. The Bertz CT molecular complexity index is 1240. The molecule has 1 heterocycles. The van der Waals surface area contributed by atoms with Crippen molar-refractivity contribution in [3.05, 3.63) is 83.2 Å². The van der Waals surface area contributed by atoms with Gasteiger partial charge in [-0.15, -0.1) is 0 Å². The van der Waals surface area contributed by atoms with E-state index in [1.165, 1.54) is 19.1 Å². The van der Waals surface area contributed by atoms with Gasteiger partial charge in [-0.05, 0) is 55.0 Å². The Morgan fingerprint density at radius 3 is 2.23 bits per heavy atom. The van der Waals surface area contributed by atoms with Crippen LogP contribution in [-0.2, 0) is 20.7 Å². The van der Waals surface area contributed by atoms with E-state index >= 15 is 0 Å². The van der Waals surface area contributed by atoms with Crippen molar-refractivity contribution < 1.29 is 28.3 Å². The summed E-state index contributed by atoms with van der Waals surface area (Å²) in [6, 6.07) is 16.6. The van der Waals surface area contributed by atoms with Gasteiger partial charge < -0.3 is 10.1 Å². The van der Waals surface area contributed by atoms with E-state index in [0.29, 0.717) is 29.5 Å². The average Bonchev–Trinajstić information content (AvgIpc) is 2.85. The van der Waals surface area contributed by atoms with Gasteiger partial charge in [-0.2, -0.15) is 0 Å². The highest BCUT2D eigenvalue weighted by Gasteiger charge is 2.32. The molecule has 0 aliphatic carbocycles. The van der Waals surface area contributed by atoms with Crippen LogP contribution >= 0.6 is 0 Å². The Labute approximate surface area is 201 Å². The summed E-state index contributed by atoms with van der Waals surface area (Å²) in [6.45, 7) is 1.86. The standard InChI is InChI=1S/C27H25FN2O5/c1-17(25(32)29-15-14-18-10-12-20(28)13-11-18)35-23(31)9-4-16-30-26(33)21-7-2-5-19-6-3-8-22(24(19)21)27(30)34/h2-3,5-8,10-13,17H,4,9,14-16H2,1H3,(H,29,32). The summed E-state index contributed by atoms with van der Waals surface area (Å²) in [6.07, 6.45) is -0.302. The fourth-order valence-corrected chi connectivity index (χ4v) is 4.10. The van der Waals surface area contributed by atoms with Crippen LogP contribution in [0.3, 0.4) is 0 Å². The number of benzene rings is 3. The lowest BCUT2D eigenvalue weighted by Crippen LogP contribution is -2.41. The van der Waals surface area contributed by atoms with Crippen molar-refractivity contribution in [2.75, 3.05) is 13.1 Å². The number of hydrogen-bond donors (Lipinski definition) is 1. The molecular weight excluding hydrogens is 451 g/mol. The largest absolute Gasteiger partial charge is 0.453 e. The van der Waals surface area contributed by atoms with E-state index in [1.54, 1.807) is 36.4 Å². The Kier molecular flexibility index (Phi) is 7.19. The number of carbonyl (C=O) groups excluding carboxylic acids is 4. The minimum absolute atomic E-state index is 0.0455. The van der Waals surface area contributed by atoms with Crippen LogP contribution in [0.4, 0.5) is 4.39 Å². The van der Waals surface area contributed by atoms with Crippen molar-refractivity contribution in [1.82, 2.24) is 10.2 Å². The van der Waals surface area contributed by atoms with E-state index in [0.717, 1.165) is 15.8 Å². The summed E-state index contributed by atoms with van der Waals surface area (Å²) in [7, 11) is 0. The van der Waals surface area contributed by atoms with Crippen LogP contribution in [0.15, 0.2) is 60.7 Å². The van der Waals surface area contributed by atoms with Gasteiger partial charge in [0.25, 0.3) is 17.7 Å². The molecule has 8 heteroatoms. The van der Waals surface area contributed by atoms with Gasteiger partial charge in [0.15, 0.2) is 6.10 Å². The molecule has 0 aromatic heterocycles. The molecule has 1 unspecified atom stereocenters. The highest BCUT2D eigenvalue weighted by molar-refractivity contribution is 6.25. The third kappa shape index (κ3) is 5.37. The summed E-state index contributed by atoms with van der Waals surface area (Å²) >= 11 is 0. The molecule has 35 heavy (non-hydrogen) atoms. The van der Waals surface area contributed by atoms with E-state index in [2.05, 4.69) is 5.32 Å². The van der Waals surface area contributed by atoms with Gasteiger partial charge >= 0.3 is 5.97 Å². The average molecular weight is 477 g/mol. The number of ether oxygens (including phenoxy) is 1. The van der Waals surface area contributed by atoms with Gasteiger partial charge in [0.05, 0.1) is 0 Å². The van der Waals surface area contributed by atoms with Crippen molar-refractivity contribution >= 4 is 34.5 Å². The Hall–Kier alpha value is -4.07. The molecule has 3 aromatic carbocycles. The van der Waals surface area contributed by atoms with Crippen LogP contribution < -0.4 is 5.32 Å². The molecule has 7 nitrogen and oxygen atoms in total. The third-order valence-electron chi connectivity index (χ3n) is 5.92. The van der Waals surface area contributed by atoms with Gasteiger partial charge in [-0.1, -0.05) is 36.4 Å². The van der Waals surface area contributed by atoms with Crippen LogP contribution in [-0.4, -0.2) is 47.8 Å². The predicted molar refractivity (Wildman–Crippen MR) is 127 cm³/mol. The number of amides is 3. The maximum atomic E-state index is 12.9. The Morgan fingerprint density at radius 1 is 0.971 bits per heavy atom. The molecule has 0 saturated carbocycles. The van der Waals surface area contributed by atoms with E-state index in [9.17, 15) is 23.6 Å². The lowest BCUT2D eigenvalue weighted by atomic mass is 9.94. The first-order chi connectivity index (χ1) is 16.8. The SMILES string of the molecule is CC(OC(=O)CCCN1C(=O)c2cccc3cccc(c23)C1=O)C(=O)NCCc1ccc(F)cc1. The lowest BCUT2D eigenvalue weighted by Gasteiger charge is -2.27. The van der Waals surface area contributed by atoms with E-state index < -0.39 is 18.0 Å². The van der Waals surface area contributed by atoms with Crippen molar-refractivity contribution in [1.29, 1.82) is 0 Å². The monoisotopic (exact) mass is 476 g/mol. The fraction of sp³-hybridized carbons (Fsp3) is 0.259. The predicted octanol–water partition coefficient (Wildman–Crippen LogP) is 3.65.